The highest BCUT2D eigenvalue weighted by Gasteiger charge is 2.33. The number of rotatable bonds is 6. The molecule has 0 saturated carbocycles. The number of hydrogen-bond acceptors (Lipinski definition) is 7. The van der Waals surface area contributed by atoms with E-state index in [1.807, 2.05) is 0 Å². The van der Waals surface area contributed by atoms with E-state index in [0.29, 0.717) is 17.1 Å². The van der Waals surface area contributed by atoms with Gasteiger partial charge in [0, 0.05) is 11.9 Å². The van der Waals surface area contributed by atoms with Gasteiger partial charge in [0.2, 0.25) is 0 Å². The van der Waals surface area contributed by atoms with Crippen LogP contribution in [0, 0.1) is 0 Å². The maximum Gasteiger partial charge on any atom is 0.323 e. The average molecular weight is 341 g/mol. The molecule has 0 bridgehead atoms. The summed E-state index contributed by atoms with van der Waals surface area (Å²) >= 11 is 7.50. The van der Waals surface area contributed by atoms with Crippen molar-refractivity contribution in [3.63, 3.8) is 0 Å². The van der Waals surface area contributed by atoms with Gasteiger partial charge in [0.15, 0.2) is 5.13 Å². The van der Waals surface area contributed by atoms with Crippen LogP contribution in [-0.4, -0.2) is 44.3 Å². The van der Waals surface area contributed by atoms with Crippen LogP contribution in [0.2, 0.25) is 0 Å². The number of thiocarbonyl (C=S) groups is 1. The van der Waals surface area contributed by atoms with Crippen molar-refractivity contribution in [1.82, 2.24) is 9.88 Å². The number of carboxylic acids is 1. The minimum Gasteiger partial charge on any atom is -0.480 e. The van der Waals surface area contributed by atoms with Gasteiger partial charge in [-0.05, 0) is 6.08 Å². The molecule has 110 valence electrons. The van der Waals surface area contributed by atoms with E-state index in [2.05, 4.69) is 16.9 Å². The number of nitrogens with zero attached hydrogens (tertiary/aromatic N) is 2. The zero-order valence-corrected chi connectivity index (χ0v) is 13.2. The van der Waals surface area contributed by atoms with Crippen LogP contribution < -0.4 is 5.32 Å². The monoisotopic (exact) mass is 341 g/mol. The summed E-state index contributed by atoms with van der Waals surface area (Å²) in [6, 6.07) is 0. The molecule has 0 unspecified atom stereocenters. The van der Waals surface area contributed by atoms with Gasteiger partial charge < -0.3 is 10.4 Å². The number of aliphatic carboxylic acids is 1. The maximum absolute atomic E-state index is 12.1. The first kappa shape index (κ1) is 15.7. The fraction of sp³-hybridized carbons (Fsp3) is 0.167. The van der Waals surface area contributed by atoms with Gasteiger partial charge in [-0.15, -0.1) is 17.9 Å². The molecular weight excluding hydrogens is 330 g/mol. The second-order valence-corrected chi connectivity index (χ2v) is 6.44. The highest BCUT2D eigenvalue weighted by Crippen LogP contribution is 2.32. The first-order valence-electron chi connectivity index (χ1n) is 5.78. The number of anilines is 1. The van der Waals surface area contributed by atoms with Crippen molar-refractivity contribution in [2.45, 2.75) is 0 Å². The van der Waals surface area contributed by atoms with Crippen molar-refractivity contribution < 1.29 is 14.7 Å². The zero-order valence-electron chi connectivity index (χ0n) is 10.7. The second kappa shape index (κ2) is 6.83. The Hall–Kier alpha value is -1.71. The number of carbonyl (C=O) groups is 2. The van der Waals surface area contributed by atoms with Crippen molar-refractivity contribution in [3.05, 3.63) is 28.6 Å². The first-order chi connectivity index (χ1) is 10.0. The van der Waals surface area contributed by atoms with E-state index >= 15 is 0 Å². The average Bonchev–Trinajstić information content (AvgIpc) is 2.97. The minimum atomic E-state index is -1.10. The number of carbonyl (C=O) groups excluding carboxylic acids is 1. The molecule has 1 aliphatic rings. The highest BCUT2D eigenvalue weighted by atomic mass is 32.2. The van der Waals surface area contributed by atoms with Gasteiger partial charge in [-0.1, -0.05) is 30.1 Å². The SMILES string of the molecule is C=CCNc1nc(/C=C2\SC(=S)N(CC(=O)O)C2=O)cs1. The van der Waals surface area contributed by atoms with Crippen LogP contribution in [0.3, 0.4) is 0 Å². The van der Waals surface area contributed by atoms with E-state index in [9.17, 15) is 9.59 Å². The van der Waals surface area contributed by atoms with Gasteiger partial charge in [0.1, 0.15) is 10.9 Å². The molecule has 9 heteroatoms. The number of hydrogen-bond donors (Lipinski definition) is 2. The van der Waals surface area contributed by atoms with Crippen molar-refractivity contribution in [3.8, 4) is 0 Å². The van der Waals surface area contributed by atoms with Gasteiger partial charge in [0.05, 0.1) is 10.6 Å². The molecule has 0 atom stereocenters. The molecule has 1 amide bonds. The predicted octanol–water partition coefficient (Wildman–Crippen LogP) is 2.03. The smallest absolute Gasteiger partial charge is 0.323 e. The van der Waals surface area contributed by atoms with Gasteiger partial charge in [-0.3, -0.25) is 14.5 Å². The molecule has 0 spiro atoms. The fourth-order valence-corrected chi connectivity index (χ4v) is 3.42. The van der Waals surface area contributed by atoms with Crippen molar-refractivity contribution >= 4 is 62.7 Å². The van der Waals surface area contributed by atoms with E-state index in [1.165, 1.54) is 11.3 Å². The molecule has 2 heterocycles. The topological polar surface area (TPSA) is 82.5 Å². The summed E-state index contributed by atoms with van der Waals surface area (Å²) in [4.78, 5) is 28.5. The second-order valence-electron chi connectivity index (χ2n) is 3.91. The Morgan fingerprint density at radius 3 is 3.05 bits per heavy atom. The van der Waals surface area contributed by atoms with Crippen LogP contribution in [0.1, 0.15) is 5.69 Å². The summed E-state index contributed by atoms with van der Waals surface area (Å²) in [6.07, 6.45) is 3.33. The van der Waals surface area contributed by atoms with E-state index in [1.54, 1.807) is 17.5 Å². The first-order valence-corrected chi connectivity index (χ1v) is 7.89. The lowest BCUT2D eigenvalue weighted by atomic mass is 10.3. The predicted molar refractivity (Wildman–Crippen MR) is 88.3 cm³/mol. The number of amides is 1. The molecule has 2 N–H and O–H groups in total. The Morgan fingerprint density at radius 1 is 1.62 bits per heavy atom. The number of nitrogens with one attached hydrogen (secondary N) is 1. The summed E-state index contributed by atoms with van der Waals surface area (Å²) in [5.41, 5.74) is 0.627. The summed E-state index contributed by atoms with van der Waals surface area (Å²) in [5, 5.41) is 14.3. The molecule has 1 saturated heterocycles. The largest absolute Gasteiger partial charge is 0.480 e. The third kappa shape index (κ3) is 3.90. The Kier molecular flexibility index (Phi) is 5.10. The quantitative estimate of drug-likeness (QED) is 0.465. The summed E-state index contributed by atoms with van der Waals surface area (Å²) < 4.78 is 0.244. The van der Waals surface area contributed by atoms with E-state index < -0.39 is 18.4 Å². The third-order valence-electron chi connectivity index (χ3n) is 2.37. The Labute approximate surface area is 134 Å². The minimum absolute atomic E-state index is 0.244. The standard InChI is InChI=1S/C12H11N3O3S3/c1-2-3-13-11-14-7(6-20-11)4-8-10(18)15(5-9(16)17)12(19)21-8/h2,4,6H,1,3,5H2,(H,13,14)(H,16,17)/b8-4-. The van der Waals surface area contributed by atoms with Crippen LogP contribution in [0.15, 0.2) is 22.9 Å². The number of aromatic nitrogens is 1. The number of thioether (sulfide) groups is 1. The lowest BCUT2D eigenvalue weighted by Gasteiger charge is -2.09. The summed E-state index contributed by atoms with van der Waals surface area (Å²) in [6.45, 7) is 3.78. The summed E-state index contributed by atoms with van der Waals surface area (Å²) in [7, 11) is 0. The number of thiazole rings is 1. The van der Waals surface area contributed by atoms with E-state index in [4.69, 9.17) is 17.3 Å². The summed E-state index contributed by atoms with van der Waals surface area (Å²) in [5.74, 6) is -1.50. The lowest BCUT2D eigenvalue weighted by Crippen LogP contribution is -2.33. The molecule has 1 aliphatic heterocycles. The van der Waals surface area contributed by atoms with Gasteiger partial charge in [0.25, 0.3) is 5.91 Å². The van der Waals surface area contributed by atoms with Crippen LogP contribution in [0.4, 0.5) is 5.13 Å². The normalized spacial score (nSPS) is 16.6. The Bertz CT molecular complexity index is 639. The lowest BCUT2D eigenvalue weighted by molar-refractivity contribution is -0.140. The molecule has 1 fully saturated rings. The fourth-order valence-electron chi connectivity index (χ4n) is 1.50. The van der Waals surface area contributed by atoms with Gasteiger partial charge >= 0.3 is 5.97 Å². The molecule has 0 aromatic carbocycles. The molecular formula is C12H11N3O3S3. The van der Waals surface area contributed by atoms with Crippen LogP contribution >= 0.6 is 35.3 Å². The number of carboxylic acid groups (broad SMARTS) is 1. The van der Waals surface area contributed by atoms with Crippen molar-refractivity contribution in [2.75, 3.05) is 18.4 Å². The van der Waals surface area contributed by atoms with Gasteiger partial charge in [-0.25, -0.2) is 4.98 Å². The molecule has 1 aromatic heterocycles. The van der Waals surface area contributed by atoms with Crippen LogP contribution in [0.5, 0.6) is 0 Å². The van der Waals surface area contributed by atoms with Crippen LogP contribution in [-0.2, 0) is 9.59 Å². The highest BCUT2D eigenvalue weighted by molar-refractivity contribution is 8.26. The molecule has 6 nitrogen and oxygen atoms in total. The Balaban J connectivity index is 2.12. The molecule has 2 rings (SSSR count). The van der Waals surface area contributed by atoms with Gasteiger partial charge in [-0.2, -0.15) is 0 Å². The molecule has 21 heavy (non-hydrogen) atoms. The third-order valence-corrected chi connectivity index (χ3v) is 4.56. The van der Waals surface area contributed by atoms with Crippen molar-refractivity contribution in [2.24, 2.45) is 0 Å². The van der Waals surface area contributed by atoms with E-state index in [-0.39, 0.29) is 4.32 Å². The van der Waals surface area contributed by atoms with Crippen molar-refractivity contribution in [1.29, 1.82) is 0 Å². The Morgan fingerprint density at radius 2 is 2.38 bits per heavy atom. The van der Waals surface area contributed by atoms with Crippen LogP contribution in [0.25, 0.3) is 6.08 Å². The maximum atomic E-state index is 12.1. The zero-order chi connectivity index (χ0) is 15.4. The molecule has 0 aliphatic carbocycles. The van der Waals surface area contributed by atoms with E-state index in [0.717, 1.165) is 21.8 Å². The molecule has 1 aromatic rings. The molecule has 0 radical (unpaired) electrons.